The fourth-order valence-electron chi connectivity index (χ4n) is 2.92. The zero-order chi connectivity index (χ0) is 24.1. The van der Waals surface area contributed by atoms with E-state index in [0.717, 1.165) is 0 Å². The van der Waals surface area contributed by atoms with E-state index in [1.807, 2.05) is 0 Å². The maximum Gasteiger partial charge on any atom is 0.694 e. The van der Waals surface area contributed by atoms with Gasteiger partial charge in [-0.1, -0.05) is 5.11 Å². The Labute approximate surface area is 183 Å². The minimum absolute atomic E-state index is 0.0694. The normalized spacial score (nSPS) is 20.4. The maximum absolute atomic E-state index is 11.8. The Bertz CT molecular complexity index is 873. The molecule has 180 valence electrons. The molecule has 1 aromatic rings. The average molecular weight is 479 g/mol. The minimum Gasteiger partial charge on any atom is -0.395 e. The Morgan fingerprint density at radius 2 is 1.91 bits per heavy atom. The van der Waals surface area contributed by atoms with Crippen molar-refractivity contribution in [2.24, 2.45) is 5.11 Å². The van der Waals surface area contributed by atoms with Crippen LogP contribution in [0.5, 0.6) is 0 Å². The van der Waals surface area contributed by atoms with Gasteiger partial charge in [0, 0.05) is 47.3 Å². The van der Waals surface area contributed by atoms with Crippen molar-refractivity contribution >= 4 is 8.25 Å². The molecule has 32 heavy (non-hydrogen) atoms. The lowest BCUT2D eigenvalue weighted by Crippen LogP contribution is -2.33. The molecule has 2 heterocycles. The van der Waals surface area contributed by atoms with Crippen LogP contribution in [-0.4, -0.2) is 92.9 Å². The first-order chi connectivity index (χ1) is 15.3. The number of rotatable bonds is 11. The Hall–Kier alpha value is -2.19. The number of hydrogen-bond donors (Lipinski definition) is 5. The van der Waals surface area contributed by atoms with Crippen molar-refractivity contribution in [2.45, 2.75) is 31.7 Å². The summed E-state index contributed by atoms with van der Waals surface area (Å²) in [6.07, 6.45) is -0.0321. The van der Waals surface area contributed by atoms with Gasteiger partial charge >= 0.3 is 13.9 Å². The maximum atomic E-state index is 11.8. The van der Waals surface area contributed by atoms with Gasteiger partial charge in [-0.3, -0.25) is 19.2 Å². The fraction of sp³-hybridized carbons (Fsp3) is 0.750. The van der Waals surface area contributed by atoms with E-state index < -0.39 is 37.9 Å². The summed E-state index contributed by atoms with van der Waals surface area (Å²) in [7, 11) is -2.81. The quantitative estimate of drug-likeness (QED) is 0.110. The topological polar surface area (TPSA) is 223 Å². The molecule has 2 rings (SSSR count). The number of H-pyrrole nitrogens is 1. The van der Waals surface area contributed by atoms with Gasteiger partial charge in [-0.15, -0.1) is 9.42 Å². The van der Waals surface area contributed by atoms with Crippen LogP contribution in [0, 0.1) is 6.92 Å². The van der Waals surface area contributed by atoms with Crippen molar-refractivity contribution in [3.63, 3.8) is 0 Å². The molecule has 16 heteroatoms. The summed E-state index contributed by atoms with van der Waals surface area (Å²) in [5.41, 5.74) is 7.72. The van der Waals surface area contributed by atoms with Crippen LogP contribution < -0.4 is 11.2 Å². The summed E-state index contributed by atoms with van der Waals surface area (Å²) in [4.78, 5) is 38.5. The van der Waals surface area contributed by atoms with Gasteiger partial charge in [-0.25, -0.2) is 4.79 Å². The van der Waals surface area contributed by atoms with E-state index in [9.17, 15) is 14.2 Å². The molecule has 0 radical (unpaired) electrons. The molecule has 1 fully saturated rings. The van der Waals surface area contributed by atoms with Crippen LogP contribution in [0.1, 0.15) is 18.2 Å². The number of nitrogens with zero attached hydrogens (tertiary/aromatic N) is 5. The van der Waals surface area contributed by atoms with Crippen LogP contribution >= 0.6 is 8.25 Å². The molecule has 5 N–H and O–H groups in total. The van der Waals surface area contributed by atoms with E-state index in [-0.39, 0.29) is 32.8 Å². The fourth-order valence-corrected chi connectivity index (χ4v) is 3.20. The van der Waals surface area contributed by atoms with E-state index >= 15 is 0 Å². The highest BCUT2D eigenvalue weighted by Gasteiger charge is 2.38. The van der Waals surface area contributed by atoms with Gasteiger partial charge in [0.15, 0.2) is 0 Å². The molecular formula is C16H28N6O9P+. The van der Waals surface area contributed by atoms with Crippen molar-refractivity contribution in [1.82, 2.24) is 14.5 Å². The molecule has 1 aliphatic heterocycles. The summed E-state index contributed by atoms with van der Waals surface area (Å²) >= 11 is 0. The molecule has 1 aliphatic rings. The molecule has 0 aliphatic carbocycles. The Morgan fingerprint density at radius 1 is 1.31 bits per heavy atom. The number of azide groups is 1. The molecule has 1 saturated heterocycles. The van der Waals surface area contributed by atoms with Crippen molar-refractivity contribution < 1.29 is 34.0 Å². The predicted octanol–water partition coefficient (Wildman–Crippen LogP) is -1.26. The van der Waals surface area contributed by atoms with E-state index in [1.54, 1.807) is 4.90 Å². The van der Waals surface area contributed by atoms with Crippen molar-refractivity contribution in [3.8, 4) is 0 Å². The minimum atomic E-state index is -2.81. The number of aliphatic hydroxyl groups excluding tert-OH is 3. The van der Waals surface area contributed by atoms with Gasteiger partial charge in [0.25, 0.3) is 5.56 Å². The van der Waals surface area contributed by atoms with E-state index in [2.05, 4.69) is 19.5 Å². The van der Waals surface area contributed by atoms with Crippen LogP contribution in [0.25, 0.3) is 10.4 Å². The Kier molecular flexibility index (Phi) is 12.9. The van der Waals surface area contributed by atoms with Gasteiger partial charge < -0.3 is 20.1 Å². The first-order valence-electron chi connectivity index (χ1n) is 9.63. The van der Waals surface area contributed by atoms with Crippen LogP contribution in [0.4, 0.5) is 0 Å². The smallest absolute Gasteiger partial charge is 0.395 e. The number of nitrogens with one attached hydrogen (secondary N) is 1. The molecule has 0 bridgehead atoms. The van der Waals surface area contributed by atoms with Gasteiger partial charge in [0.2, 0.25) is 0 Å². The highest BCUT2D eigenvalue weighted by molar-refractivity contribution is 7.32. The largest absolute Gasteiger partial charge is 0.694 e. The average Bonchev–Trinajstić information content (AvgIpc) is 3.13. The second kappa shape index (κ2) is 14.8. The standard InChI is InChI=1S/C10H12N5O6P.C6H15NO3/c1-5-3-15(10(17)12-9(5)16)8-2-6(13-14-11)7(21-8)4-20-22(18)19;8-4-1-7(2-5-9)3-6-10/h3,6-8H,2,4H2,1H3,(H-,12,16,17,18,19);8-10H,1-6H2/p+1/t6-,7+,8+;/m0./s1. The highest BCUT2D eigenvalue weighted by atomic mass is 31.1. The molecule has 0 amide bonds. The van der Waals surface area contributed by atoms with Gasteiger partial charge in [0.1, 0.15) is 12.8 Å². The van der Waals surface area contributed by atoms with Crippen molar-refractivity contribution in [3.05, 3.63) is 43.0 Å². The summed E-state index contributed by atoms with van der Waals surface area (Å²) in [6, 6.07) is -0.663. The monoisotopic (exact) mass is 479 g/mol. The first kappa shape index (κ1) is 27.8. The number of hydrogen-bond acceptors (Lipinski definition) is 10. The number of ether oxygens (including phenoxy) is 1. The van der Waals surface area contributed by atoms with E-state index in [0.29, 0.717) is 25.2 Å². The lowest BCUT2D eigenvalue weighted by atomic mass is 10.1. The highest BCUT2D eigenvalue weighted by Crippen LogP contribution is 2.31. The van der Waals surface area contributed by atoms with Gasteiger partial charge in [0.05, 0.1) is 32.0 Å². The van der Waals surface area contributed by atoms with Crippen LogP contribution in [0.15, 0.2) is 20.9 Å². The SMILES string of the molecule is Cc1cn([C@H]2C[C@H](N=[N+]=[N-])[C@@H](CO[P+](=O)O)O2)c(=O)[nH]c1=O.OCCN(CCO)CCO. The van der Waals surface area contributed by atoms with Crippen LogP contribution in [0.3, 0.4) is 0 Å². The number of aryl methyl sites for hydroxylation is 1. The zero-order valence-corrected chi connectivity index (χ0v) is 18.4. The summed E-state index contributed by atoms with van der Waals surface area (Å²) in [6.45, 7) is 3.03. The Morgan fingerprint density at radius 3 is 2.41 bits per heavy atom. The third-order valence-corrected chi connectivity index (χ3v) is 4.83. The summed E-state index contributed by atoms with van der Waals surface area (Å²) in [5.74, 6) is 0. The van der Waals surface area contributed by atoms with Gasteiger partial charge in [-0.2, -0.15) is 0 Å². The van der Waals surface area contributed by atoms with Crippen molar-refractivity contribution in [1.29, 1.82) is 0 Å². The second-order valence-electron chi connectivity index (χ2n) is 6.66. The molecule has 1 aromatic heterocycles. The molecule has 1 unspecified atom stereocenters. The molecule has 0 saturated carbocycles. The lowest BCUT2D eigenvalue weighted by Gasteiger charge is -2.17. The number of aromatic nitrogens is 2. The predicted molar refractivity (Wildman–Crippen MR) is 111 cm³/mol. The third-order valence-electron chi connectivity index (χ3n) is 4.46. The third kappa shape index (κ3) is 9.12. The first-order valence-corrected chi connectivity index (χ1v) is 10.8. The summed E-state index contributed by atoms with van der Waals surface area (Å²) < 4.78 is 21.9. The zero-order valence-electron chi connectivity index (χ0n) is 17.5. The molecule has 15 nitrogen and oxygen atoms in total. The van der Waals surface area contributed by atoms with E-state index in [1.165, 1.54) is 17.7 Å². The number of aromatic amines is 1. The van der Waals surface area contributed by atoms with Crippen LogP contribution in [-0.2, 0) is 13.8 Å². The van der Waals surface area contributed by atoms with Gasteiger partial charge in [-0.05, 0) is 12.5 Å². The van der Waals surface area contributed by atoms with Crippen LogP contribution in [0.2, 0.25) is 0 Å². The van der Waals surface area contributed by atoms with E-state index in [4.69, 9.17) is 30.5 Å². The second-order valence-corrected chi connectivity index (χ2v) is 7.40. The molecule has 0 spiro atoms. The number of aliphatic hydroxyl groups is 3. The molecular weight excluding hydrogens is 451 g/mol. The Balaban J connectivity index is 0.000000433. The molecule has 4 atom stereocenters. The lowest BCUT2D eigenvalue weighted by molar-refractivity contribution is -0.0227. The molecule has 0 aromatic carbocycles. The van der Waals surface area contributed by atoms with Crippen molar-refractivity contribution in [2.75, 3.05) is 46.1 Å². The summed E-state index contributed by atoms with van der Waals surface area (Å²) in [5, 5.41) is 29.0.